The van der Waals surface area contributed by atoms with E-state index in [0.29, 0.717) is 29.0 Å². The molecule has 1 N–H and O–H groups in total. The number of rotatable bonds is 4. The fraction of sp³-hybridized carbons (Fsp3) is 0.238. The van der Waals surface area contributed by atoms with Crippen LogP contribution in [0.4, 0.5) is 10.1 Å². The molecule has 4 rings (SSSR count). The third-order valence-corrected chi connectivity index (χ3v) is 5.67. The number of aliphatic hydroxyl groups is 1. The van der Waals surface area contributed by atoms with Gasteiger partial charge in [0.15, 0.2) is 17.4 Å². The van der Waals surface area contributed by atoms with Gasteiger partial charge in [0.25, 0.3) is 5.91 Å². The molecule has 2 aliphatic rings. The van der Waals surface area contributed by atoms with Crippen LogP contribution in [0.15, 0.2) is 47.7 Å². The van der Waals surface area contributed by atoms with Crippen molar-refractivity contribution in [2.24, 2.45) is 5.92 Å². The van der Waals surface area contributed by atoms with Crippen molar-refractivity contribution in [3.8, 4) is 0 Å². The van der Waals surface area contributed by atoms with Gasteiger partial charge >= 0.3 is 0 Å². The largest absolute Gasteiger partial charge is 0.503 e. The summed E-state index contributed by atoms with van der Waals surface area (Å²) in [6.07, 6.45) is 1.42. The molecule has 2 aromatic rings. The fourth-order valence-corrected chi connectivity index (χ4v) is 3.99. The number of anilines is 1. The normalized spacial score (nSPS) is 19.5. The lowest BCUT2D eigenvalue weighted by molar-refractivity contribution is -0.118. The number of hydrogen-bond donors (Lipinski definition) is 1. The van der Waals surface area contributed by atoms with E-state index >= 15 is 0 Å². The van der Waals surface area contributed by atoms with Gasteiger partial charge in [0.05, 0.1) is 22.3 Å². The van der Waals surface area contributed by atoms with Crippen LogP contribution >= 0.6 is 23.2 Å². The average molecular weight is 420 g/mol. The van der Waals surface area contributed by atoms with Crippen molar-refractivity contribution in [2.75, 3.05) is 4.90 Å². The zero-order valence-electron chi connectivity index (χ0n) is 14.9. The maximum absolute atomic E-state index is 14.8. The monoisotopic (exact) mass is 419 g/mol. The van der Waals surface area contributed by atoms with Crippen molar-refractivity contribution in [3.05, 3.63) is 74.7 Å². The summed E-state index contributed by atoms with van der Waals surface area (Å²) in [6, 6.07) is 8.34. The third kappa shape index (κ3) is 2.99. The van der Waals surface area contributed by atoms with Gasteiger partial charge in [0, 0.05) is 10.9 Å². The second kappa shape index (κ2) is 6.90. The van der Waals surface area contributed by atoms with Crippen LogP contribution < -0.4 is 4.90 Å². The van der Waals surface area contributed by atoms with Crippen LogP contribution in [0.1, 0.15) is 30.0 Å². The molecule has 1 amide bonds. The van der Waals surface area contributed by atoms with Crippen LogP contribution in [0.3, 0.4) is 0 Å². The molecular weight excluding hydrogens is 404 g/mol. The van der Waals surface area contributed by atoms with Gasteiger partial charge in [-0.15, -0.1) is 0 Å². The standard InChI is InChI=1S/C21H16Cl2FNO3/c1-10-9-12(22)7-8-13(10)18-16(19(26)11-5-6-11)20(27)21(28)25(18)15-4-2-3-14(23)17(15)24/h2-4,7-9,11,18,27H,5-6H2,1H3. The van der Waals surface area contributed by atoms with Gasteiger partial charge in [-0.25, -0.2) is 4.39 Å². The molecule has 1 aliphatic heterocycles. The number of carbonyl (C=O) groups is 2. The highest BCUT2D eigenvalue weighted by molar-refractivity contribution is 6.31. The van der Waals surface area contributed by atoms with Gasteiger partial charge in [-0.1, -0.05) is 35.3 Å². The van der Waals surface area contributed by atoms with E-state index in [1.54, 1.807) is 25.1 Å². The predicted octanol–water partition coefficient (Wildman–Crippen LogP) is 5.32. The summed E-state index contributed by atoms with van der Waals surface area (Å²) in [5, 5.41) is 10.9. The van der Waals surface area contributed by atoms with Gasteiger partial charge in [-0.3, -0.25) is 14.5 Å². The first-order valence-electron chi connectivity index (χ1n) is 8.82. The van der Waals surface area contributed by atoms with Crippen LogP contribution in [-0.2, 0) is 9.59 Å². The lowest BCUT2D eigenvalue weighted by atomic mass is 9.91. The number of Topliss-reactive ketones (excluding diaryl/α,β-unsaturated/α-hetero) is 1. The Hall–Kier alpha value is -2.37. The van der Waals surface area contributed by atoms with Crippen molar-refractivity contribution < 1.29 is 19.1 Å². The topological polar surface area (TPSA) is 57.6 Å². The maximum Gasteiger partial charge on any atom is 0.294 e. The highest BCUT2D eigenvalue weighted by Gasteiger charge is 2.48. The number of hydrogen-bond acceptors (Lipinski definition) is 3. The van der Waals surface area contributed by atoms with Gasteiger partial charge in [0.2, 0.25) is 0 Å². The number of amides is 1. The molecular formula is C21H16Cl2FNO3. The number of nitrogens with zero attached hydrogens (tertiary/aromatic N) is 1. The predicted molar refractivity (Wildman–Crippen MR) is 105 cm³/mol. The number of halogens is 3. The molecule has 1 unspecified atom stereocenters. The highest BCUT2D eigenvalue weighted by atomic mass is 35.5. The van der Waals surface area contributed by atoms with E-state index in [4.69, 9.17) is 23.2 Å². The molecule has 0 radical (unpaired) electrons. The Balaban J connectivity index is 1.93. The quantitative estimate of drug-likeness (QED) is 0.729. The number of ketones is 1. The van der Waals surface area contributed by atoms with Gasteiger partial charge in [0.1, 0.15) is 0 Å². The minimum atomic E-state index is -0.953. The Kier molecular flexibility index (Phi) is 4.68. The number of aliphatic hydroxyl groups excluding tert-OH is 1. The summed E-state index contributed by atoms with van der Waals surface area (Å²) in [4.78, 5) is 26.9. The number of carbonyl (C=O) groups excluding carboxylic acids is 2. The van der Waals surface area contributed by atoms with E-state index < -0.39 is 23.5 Å². The molecule has 0 aromatic heterocycles. The van der Waals surface area contributed by atoms with Crippen LogP contribution in [0.25, 0.3) is 0 Å². The molecule has 1 saturated carbocycles. The minimum absolute atomic E-state index is 0.00250. The lowest BCUT2D eigenvalue weighted by Gasteiger charge is -2.28. The van der Waals surface area contributed by atoms with Gasteiger partial charge in [-0.05, 0) is 55.2 Å². The molecule has 144 valence electrons. The summed E-state index contributed by atoms with van der Waals surface area (Å²) < 4.78 is 14.8. The highest BCUT2D eigenvalue weighted by Crippen LogP contribution is 2.47. The molecule has 0 spiro atoms. The second-order valence-electron chi connectivity index (χ2n) is 7.05. The van der Waals surface area contributed by atoms with Crippen LogP contribution in [0, 0.1) is 18.7 Å². The van der Waals surface area contributed by atoms with Crippen LogP contribution in [-0.4, -0.2) is 16.8 Å². The van der Waals surface area contributed by atoms with E-state index in [9.17, 15) is 19.1 Å². The summed E-state index contributed by atoms with van der Waals surface area (Å²) in [5.41, 5.74) is 1.21. The van der Waals surface area contributed by atoms with E-state index in [-0.39, 0.29) is 28.0 Å². The molecule has 4 nitrogen and oxygen atoms in total. The Morgan fingerprint density at radius 2 is 1.93 bits per heavy atom. The van der Waals surface area contributed by atoms with Crippen molar-refractivity contribution in [2.45, 2.75) is 25.8 Å². The lowest BCUT2D eigenvalue weighted by Crippen LogP contribution is -2.32. The Labute approximate surface area is 171 Å². The smallest absolute Gasteiger partial charge is 0.294 e. The fourth-order valence-electron chi connectivity index (χ4n) is 3.59. The van der Waals surface area contributed by atoms with Gasteiger partial charge < -0.3 is 5.11 Å². The molecule has 0 saturated heterocycles. The zero-order chi connectivity index (χ0) is 20.2. The SMILES string of the molecule is Cc1cc(Cl)ccc1C1C(C(=O)C2CC2)=C(O)C(=O)N1c1cccc(Cl)c1F. The van der Waals surface area contributed by atoms with Crippen LogP contribution in [0.2, 0.25) is 10.0 Å². The second-order valence-corrected chi connectivity index (χ2v) is 7.90. The first-order chi connectivity index (χ1) is 13.3. The number of aryl methyl sites for hydroxylation is 1. The average Bonchev–Trinajstić information content (AvgIpc) is 3.46. The molecule has 0 bridgehead atoms. The van der Waals surface area contributed by atoms with E-state index in [1.807, 2.05) is 0 Å². The summed E-state index contributed by atoms with van der Waals surface area (Å²) in [5.74, 6) is -2.76. The summed E-state index contributed by atoms with van der Waals surface area (Å²) in [6.45, 7) is 1.78. The number of benzene rings is 2. The van der Waals surface area contributed by atoms with Gasteiger partial charge in [-0.2, -0.15) is 0 Å². The molecule has 28 heavy (non-hydrogen) atoms. The molecule has 1 atom stereocenters. The van der Waals surface area contributed by atoms with Crippen molar-refractivity contribution >= 4 is 40.6 Å². The van der Waals surface area contributed by atoms with Crippen molar-refractivity contribution in [1.29, 1.82) is 0 Å². The zero-order valence-corrected chi connectivity index (χ0v) is 16.4. The maximum atomic E-state index is 14.8. The third-order valence-electron chi connectivity index (χ3n) is 5.14. The summed E-state index contributed by atoms with van der Waals surface area (Å²) in [7, 11) is 0. The van der Waals surface area contributed by atoms with E-state index in [2.05, 4.69) is 0 Å². The Morgan fingerprint density at radius 1 is 1.21 bits per heavy atom. The first kappa shape index (κ1) is 19.0. The first-order valence-corrected chi connectivity index (χ1v) is 9.57. The molecule has 7 heteroatoms. The van der Waals surface area contributed by atoms with Crippen molar-refractivity contribution in [1.82, 2.24) is 0 Å². The Morgan fingerprint density at radius 3 is 2.57 bits per heavy atom. The molecule has 1 aliphatic carbocycles. The van der Waals surface area contributed by atoms with Crippen molar-refractivity contribution in [3.63, 3.8) is 0 Å². The van der Waals surface area contributed by atoms with E-state index in [0.717, 1.165) is 4.90 Å². The van der Waals surface area contributed by atoms with Crippen LogP contribution in [0.5, 0.6) is 0 Å². The summed E-state index contributed by atoms with van der Waals surface area (Å²) >= 11 is 12.0. The Bertz CT molecular complexity index is 1050. The van der Waals surface area contributed by atoms with E-state index in [1.165, 1.54) is 18.2 Å². The minimum Gasteiger partial charge on any atom is -0.503 e. The molecule has 1 heterocycles. The molecule has 1 fully saturated rings. The molecule has 2 aromatic carbocycles.